The topological polar surface area (TPSA) is 57.0 Å². The molecule has 0 amide bonds. The van der Waals surface area contributed by atoms with Gasteiger partial charge in [0, 0.05) is 13.0 Å². The third-order valence-corrected chi connectivity index (χ3v) is 3.23. The van der Waals surface area contributed by atoms with Gasteiger partial charge in [0.15, 0.2) is 0 Å². The maximum absolute atomic E-state index is 12.1. The molecule has 0 N–H and O–H groups in total. The lowest BCUT2D eigenvalue weighted by molar-refractivity contribution is -0.145. The van der Waals surface area contributed by atoms with Gasteiger partial charge in [-0.1, -0.05) is 13.8 Å². The number of aromatic nitrogens is 3. The lowest BCUT2D eigenvalue weighted by Gasteiger charge is -2.17. The van der Waals surface area contributed by atoms with Gasteiger partial charge in [0.1, 0.15) is 17.6 Å². The molecule has 1 aromatic heterocycles. The molecule has 0 spiro atoms. The summed E-state index contributed by atoms with van der Waals surface area (Å²) in [6.45, 7) is 7.37. The number of carbonyl (C=O) groups is 1. The van der Waals surface area contributed by atoms with Gasteiger partial charge in [-0.3, -0.25) is 4.79 Å². The number of aryl methyl sites for hydroxylation is 1. The van der Waals surface area contributed by atoms with Crippen molar-refractivity contribution in [3.05, 3.63) is 11.6 Å². The van der Waals surface area contributed by atoms with E-state index in [2.05, 4.69) is 28.6 Å². The fourth-order valence-corrected chi connectivity index (χ4v) is 2.45. The SMILES string of the molecule is CCOC(=O)C(CC(C)C)c1nnc2n1CCC2. The molecule has 5 nitrogen and oxygen atoms in total. The molecule has 100 valence electrons. The Kier molecular flexibility index (Phi) is 3.99. The van der Waals surface area contributed by atoms with Crippen molar-refractivity contribution < 1.29 is 9.53 Å². The maximum Gasteiger partial charge on any atom is 0.316 e. The molecule has 2 heterocycles. The molecule has 0 radical (unpaired) electrons. The van der Waals surface area contributed by atoms with Crippen molar-refractivity contribution in [1.29, 1.82) is 0 Å². The van der Waals surface area contributed by atoms with Crippen LogP contribution in [0.5, 0.6) is 0 Å². The molecule has 1 aromatic rings. The Balaban J connectivity index is 2.24. The van der Waals surface area contributed by atoms with E-state index in [1.165, 1.54) is 0 Å². The van der Waals surface area contributed by atoms with E-state index >= 15 is 0 Å². The van der Waals surface area contributed by atoms with E-state index in [0.717, 1.165) is 37.5 Å². The van der Waals surface area contributed by atoms with E-state index in [4.69, 9.17) is 4.74 Å². The van der Waals surface area contributed by atoms with Gasteiger partial charge in [0.2, 0.25) is 0 Å². The number of rotatable bonds is 5. The molecule has 5 heteroatoms. The van der Waals surface area contributed by atoms with E-state index in [0.29, 0.717) is 12.5 Å². The van der Waals surface area contributed by atoms with Crippen LogP contribution in [0.15, 0.2) is 0 Å². The van der Waals surface area contributed by atoms with Crippen molar-refractivity contribution in [2.24, 2.45) is 5.92 Å². The van der Waals surface area contributed by atoms with Crippen LogP contribution in [-0.4, -0.2) is 27.3 Å². The minimum atomic E-state index is -0.274. The van der Waals surface area contributed by atoms with Gasteiger partial charge < -0.3 is 9.30 Å². The Morgan fingerprint density at radius 1 is 1.44 bits per heavy atom. The molecule has 1 unspecified atom stereocenters. The van der Waals surface area contributed by atoms with Gasteiger partial charge in [0.25, 0.3) is 0 Å². The Morgan fingerprint density at radius 3 is 2.89 bits per heavy atom. The molecule has 0 bridgehead atoms. The van der Waals surface area contributed by atoms with E-state index < -0.39 is 0 Å². The van der Waals surface area contributed by atoms with Crippen LogP contribution in [-0.2, 0) is 22.5 Å². The second kappa shape index (κ2) is 5.50. The summed E-state index contributed by atoms with van der Waals surface area (Å²) < 4.78 is 7.26. The van der Waals surface area contributed by atoms with Gasteiger partial charge in [-0.15, -0.1) is 10.2 Å². The molecule has 2 rings (SSSR count). The zero-order chi connectivity index (χ0) is 13.1. The zero-order valence-corrected chi connectivity index (χ0v) is 11.3. The Labute approximate surface area is 108 Å². The first-order valence-electron chi connectivity index (χ1n) is 6.72. The van der Waals surface area contributed by atoms with E-state index in [-0.39, 0.29) is 11.9 Å². The fraction of sp³-hybridized carbons (Fsp3) is 0.769. The average Bonchev–Trinajstić information content (AvgIpc) is 2.88. The lowest BCUT2D eigenvalue weighted by Crippen LogP contribution is -2.21. The second-order valence-corrected chi connectivity index (χ2v) is 5.16. The van der Waals surface area contributed by atoms with Crippen LogP contribution in [0.3, 0.4) is 0 Å². The van der Waals surface area contributed by atoms with Gasteiger partial charge >= 0.3 is 5.97 Å². The van der Waals surface area contributed by atoms with Crippen molar-refractivity contribution in [3.63, 3.8) is 0 Å². The zero-order valence-electron chi connectivity index (χ0n) is 11.3. The normalized spacial score (nSPS) is 15.8. The van der Waals surface area contributed by atoms with E-state index in [1.54, 1.807) is 0 Å². The first kappa shape index (κ1) is 13.1. The maximum atomic E-state index is 12.1. The quantitative estimate of drug-likeness (QED) is 0.750. The summed E-state index contributed by atoms with van der Waals surface area (Å²) in [5, 5.41) is 8.38. The van der Waals surface area contributed by atoms with Gasteiger partial charge in [-0.2, -0.15) is 0 Å². The standard InChI is InChI=1S/C13H21N3O2/c1-4-18-13(17)10(8-9(2)3)12-15-14-11-6-5-7-16(11)12/h9-10H,4-8H2,1-3H3. The van der Waals surface area contributed by atoms with Gasteiger partial charge in [-0.25, -0.2) is 0 Å². The van der Waals surface area contributed by atoms with Crippen LogP contribution < -0.4 is 0 Å². The van der Waals surface area contributed by atoms with Crippen molar-refractivity contribution in [2.45, 2.75) is 52.5 Å². The third kappa shape index (κ3) is 2.54. The summed E-state index contributed by atoms with van der Waals surface area (Å²) in [5.74, 6) is 1.77. The largest absolute Gasteiger partial charge is 0.465 e. The molecule has 0 aromatic carbocycles. The molecule has 1 aliphatic heterocycles. The molecule has 18 heavy (non-hydrogen) atoms. The first-order valence-corrected chi connectivity index (χ1v) is 6.72. The van der Waals surface area contributed by atoms with Gasteiger partial charge in [-0.05, 0) is 25.7 Å². The number of ether oxygens (including phenoxy) is 1. The highest BCUT2D eigenvalue weighted by Crippen LogP contribution is 2.27. The van der Waals surface area contributed by atoms with Crippen LogP contribution in [0.4, 0.5) is 0 Å². The molecule has 0 fully saturated rings. The van der Waals surface area contributed by atoms with Crippen LogP contribution in [0.1, 0.15) is 51.2 Å². The van der Waals surface area contributed by atoms with Crippen LogP contribution in [0.25, 0.3) is 0 Å². The minimum Gasteiger partial charge on any atom is -0.465 e. The molecule has 0 saturated carbocycles. The highest BCUT2D eigenvalue weighted by Gasteiger charge is 2.30. The van der Waals surface area contributed by atoms with E-state index in [9.17, 15) is 4.79 Å². The Hall–Kier alpha value is -1.39. The summed E-state index contributed by atoms with van der Waals surface area (Å²) in [7, 11) is 0. The van der Waals surface area contributed by atoms with Crippen LogP contribution in [0.2, 0.25) is 0 Å². The molecule has 1 aliphatic rings. The summed E-state index contributed by atoms with van der Waals surface area (Å²) in [6.07, 6.45) is 2.82. The van der Waals surface area contributed by atoms with Crippen molar-refractivity contribution >= 4 is 5.97 Å². The average molecular weight is 251 g/mol. The number of nitrogens with zero attached hydrogens (tertiary/aromatic N) is 3. The summed E-state index contributed by atoms with van der Waals surface area (Å²) in [6, 6.07) is 0. The predicted molar refractivity (Wildman–Crippen MR) is 67.2 cm³/mol. The fourth-order valence-electron chi connectivity index (χ4n) is 2.45. The predicted octanol–water partition coefficient (Wildman–Crippen LogP) is 1.92. The number of fused-ring (bicyclic) bond motifs is 1. The molecule has 1 atom stereocenters. The molecular formula is C13H21N3O2. The number of esters is 1. The minimum absolute atomic E-state index is 0.173. The smallest absolute Gasteiger partial charge is 0.316 e. The van der Waals surface area contributed by atoms with Crippen LogP contribution in [0, 0.1) is 5.92 Å². The first-order chi connectivity index (χ1) is 8.63. The summed E-state index contributed by atoms with van der Waals surface area (Å²) in [5.41, 5.74) is 0. The lowest BCUT2D eigenvalue weighted by atomic mass is 9.96. The highest BCUT2D eigenvalue weighted by molar-refractivity contribution is 5.77. The number of hydrogen-bond acceptors (Lipinski definition) is 4. The van der Waals surface area contributed by atoms with E-state index in [1.807, 2.05) is 6.92 Å². The van der Waals surface area contributed by atoms with Crippen molar-refractivity contribution in [3.8, 4) is 0 Å². The summed E-state index contributed by atoms with van der Waals surface area (Å²) >= 11 is 0. The highest BCUT2D eigenvalue weighted by atomic mass is 16.5. The molecule has 0 aliphatic carbocycles. The monoisotopic (exact) mass is 251 g/mol. The number of carbonyl (C=O) groups excluding carboxylic acids is 1. The molecule has 0 saturated heterocycles. The second-order valence-electron chi connectivity index (χ2n) is 5.16. The summed E-state index contributed by atoms with van der Waals surface area (Å²) in [4.78, 5) is 12.1. The molecular weight excluding hydrogens is 230 g/mol. The van der Waals surface area contributed by atoms with Gasteiger partial charge in [0.05, 0.1) is 6.61 Å². The number of hydrogen-bond donors (Lipinski definition) is 0. The van der Waals surface area contributed by atoms with Crippen LogP contribution >= 0.6 is 0 Å². The van der Waals surface area contributed by atoms with Crippen molar-refractivity contribution in [1.82, 2.24) is 14.8 Å². The van der Waals surface area contributed by atoms with Crippen molar-refractivity contribution in [2.75, 3.05) is 6.61 Å². The third-order valence-electron chi connectivity index (χ3n) is 3.23. The Bertz CT molecular complexity index is 426. The Morgan fingerprint density at radius 2 is 2.22 bits per heavy atom.